The van der Waals surface area contributed by atoms with Crippen molar-refractivity contribution in [1.29, 1.82) is 0 Å². The number of nitrogens with zero attached hydrogens (tertiary/aromatic N) is 2. The average molecular weight is 709 g/mol. The monoisotopic (exact) mass is 708 g/mol. The quantitative estimate of drug-likeness (QED) is 0.166. The summed E-state index contributed by atoms with van der Waals surface area (Å²) in [5.41, 5.74) is 14.8. The van der Waals surface area contributed by atoms with Gasteiger partial charge in [0, 0.05) is 22.3 Å². The first-order valence-electron chi connectivity index (χ1n) is 19.2. The zero-order chi connectivity index (χ0) is 36.7. The Bertz CT molecular complexity index is 3310. The van der Waals surface area contributed by atoms with Crippen LogP contribution in [0.15, 0.2) is 194 Å². The summed E-state index contributed by atoms with van der Waals surface area (Å²) in [6.07, 6.45) is 0. The highest BCUT2D eigenvalue weighted by atomic mass is 14.9. The van der Waals surface area contributed by atoms with E-state index in [-0.39, 0.29) is 0 Å². The summed E-state index contributed by atoms with van der Waals surface area (Å²) >= 11 is 0. The molecule has 10 aromatic carbocycles. The third-order valence-electron chi connectivity index (χ3n) is 11.8. The lowest BCUT2D eigenvalue weighted by atomic mass is 9.84. The molecule has 0 saturated carbocycles. The summed E-state index contributed by atoms with van der Waals surface area (Å²) in [7, 11) is 0. The number of benzene rings is 10. The molecule has 1 aromatic heterocycles. The Morgan fingerprint density at radius 2 is 0.768 bits per heavy atom. The average Bonchev–Trinajstić information content (AvgIpc) is 3.60. The molecule has 0 unspecified atom stereocenters. The molecule has 12 rings (SSSR count). The minimum absolute atomic E-state index is 0.729. The van der Waals surface area contributed by atoms with Crippen LogP contribution in [-0.4, -0.2) is 9.97 Å². The lowest BCUT2D eigenvalue weighted by molar-refractivity contribution is 1.19. The maximum Gasteiger partial charge on any atom is 0.160 e. The van der Waals surface area contributed by atoms with Crippen molar-refractivity contribution in [1.82, 2.24) is 9.97 Å². The summed E-state index contributed by atoms with van der Waals surface area (Å²) in [6, 6.07) is 70.3. The van der Waals surface area contributed by atoms with Gasteiger partial charge in [0.1, 0.15) is 0 Å². The zero-order valence-electron chi connectivity index (χ0n) is 30.4. The highest BCUT2D eigenvalue weighted by Crippen LogP contribution is 2.51. The number of fused-ring (bicyclic) bond motifs is 3. The van der Waals surface area contributed by atoms with Crippen molar-refractivity contribution in [3.63, 3.8) is 0 Å². The number of rotatable bonds is 5. The Morgan fingerprint density at radius 1 is 0.268 bits per heavy atom. The first-order valence-corrected chi connectivity index (χ1v) is 19.2. The fourth-order valence-electron chi connectivity index (χ4n) is 9.25. The first kappa shape index (κ1) is 31.0. The van der Waals surface area contributed by atoms with Crippen LogP contribution in [-0.2, 0) is 0 Å². The molecular formula is C54H32N2. The largest absolute Gasteiger partial charge is 0.227 e. The van der Waals surface area contributed by atoms with E-state index in [1.165, 1.54) is 82.0 Å². The Labute approximate surface area is 324 Å². The van der Waals surface area contributed by atoms with Gasteiger partial charge in [0.2, 0.25) is 0 Å². The summed E-state index contributed by atoms with van der Waals surface area (Å²) < 4.78 is 0. The highest BCUT2D eigenvalue weighted by Gasteiger charge is 2.28. The molecule has 258 valence electrons. The van der Waals surface area contributed by atoms with Gasteiger partial charge in [0.25, 0.3) is 0 Å². The highest BCUT2D eigenvalue weighted by molar-refractivity contribution is 6.30. The van der Waals surface area contributed by atoms with E-state index in [9.17, 15) is 0 Å². The second-order valence-electron chi connectivity index (χ2n) is 14.8. The Balaban J connectivity index is 1.06. The van der Waals surface area contributed by atoms with E-state index in [0.29, 0.717) is 0 Å². The van der Waals surface area contributed by atoms with Crippen molar-refractivity contribution in [3.05, 3.63) is 194 Å². The van der Waals surface area contributed by atoms with Crippen molar-refractivity contribution < 1.29 is 0 Å². The lowest BCUT2D eigenvalue weighted by Gasteiger charge is -2.19. The van der Waals surface area contributed by atoms with Crippen LogP contribution in [0.2, 0.25) is 0 Å². The van der Waals surface area contributed by atoms with Gasteiger partial charge in [0.15, 0.2) is 5.82 Å². The summed E-state index contributed by atoms with van der Waals surface area (Å²) in [5, 5.41) is 10.1. The maximum atomic E-state index is 5.34. The maximum absolute atomic E-state index is 5.34. The molecule has 0 bridgehead atoms. The molecule has 0 N–H and O–H groups in total. The summed E-state index contributed by atoms with van der Waals surface area (Å²) in [6.45, 7) is 0. The van der Waals surface area contributed by atoms with Crippen LogP contribution in [0.3, 0.4) is 0 Å². The van der Waals surface area contributed by atoms with Gasteiger partial charge in [0.05, 0.1) is 11.4 Å². The van der Waals surface area contributed by atoms with Crippen molar-refractivity contribution in [2.75, 3.05) is 0 Å². The lowest BCUT2D eigenvalue weighted by Crippen LogP contribution is -1.97. The molecule has 0 atom stereocenters. The van der Waals surface area contributed by atoms with Gasteiger partial charge >= 0.3 is 0 Å². The molecule has 1 aliphatic carbocycles. The molecule has 0 fully saturated rings. The van der Waals surface area contributed by atoms with Crippen LogP contribution in [0.25, 0.3) is 122 Å². The van der Waals surface area contributed by atoms with Gasteiger partial charge in [-0.2, -0.15) is 0 Å². The van der Waals surface area contributed by atoms with Gasteiger partial charge in [-0.05, 0) is 88.1 Å². The van der Waals surface area contributed by atoms with Crippen LogP contribution in [0.1, 0.15) is 0 Å². The van der Waals surface area contributed by atoms with Gasteiger partial charge in [-0.25, -0.2) is 9.97 Å². The topological polar surface area (TPSA) is 25.8 Å². The van der Waals surface area contributed by atoms with E-state index in [2.05, 4.69) is 194 Å². The van der Waals surface area contributed by atoms with Crippen molar-refractivity contribution >= 4 is 43.1 Å². The fraction of sp³-hybridized carbons (Fsp3) is 0. The Morgan fingerprint density at radius 3 is 1.45 bits per heavy atom. The van der Waals surface area contributed by atoms with E-state index in [4.69, 9.17) is 9.97 Å². The first-order chi connectivity index (χ1) is 27.8. The molecule has 2 nitrogen and oxygen atoms in total. The normalized spacial score (nSPS) is 11.9. The molecule has 0 aliphatic heterocycles. The summed E-state index contributed by atoms with van der Waals surface area (Å²) in [4.78, 5) is 10.7. The predicted molar refractivity (Wildman–Crippen MR) is 235 cm³/mol. The molecule has 1 heterocycles. The fourth-order valence-corrected chi connectivity index (χ4v) is 9.25. The molecule has 2 heteroatoms. The number of hydrogen-bond acceptors (Lipinski definition) is 2. The van der Waals surface area contributed by atoms with Gasteiger partial charge < -0.3 is 0 Å². The van der Waals surface area contributed by atoms with Crippen molar-refractivity contribution in [2.24, 2.45) is 0 Å². The molecule has 0 saturated heterocycles. The summed E-state index contributed by atoms with van der Waals surface area (Å²) in [5.74, 6) is 0.729. The second-order valence-corrected chi connectivity index (χ2v) is 14.8. The van der Waals surface area contributed by atoms with Gasteiger partial charge in [-0.15, -0.1) is 0 Å². The van der Waals surface area contributed by atoms with Crippen molar-refractivity contribution in [3.8, 4) is 78.4 Å². The second kappa shape index (κ2) is 12.0. The van der Waals surface area contributed by atoms with Crippen LogP contribution < -0.4 is 0 Å². The zero-order valence-corrected chi connectivity index (χ0v) is 30.4. The Kier molecular flexibility index (Phi) is 6.66. The van der Waals surface area contributed by atoms with E-state index in [1.54, 1.807) is 0 Å². The molecule has 11 aromatic rings. The molecule has 0 radical (unpaired) electrons. The standard InChI is InChI=1S/C54H32N2/c1-4-12-33(13-5-1)40-28-26-37-27-29-42-46(34-14-6-2-7-15-34)32-47(43-31-30-41(40)49(37)50(42)43)35-22-24-39(25-23-35)54-55-52(38-16-8-3-9-17-38)51-44-20-10-18-36-19-11-21-45(48(36)44)53(51)56-54/h1-32H. The van der Waals surface area contributed by atoms with E-state index in [0.717, 1.165) is 39.5 Å². The SMILES string of the molecule is c1ccc(-c2nc(-c3ccc(-c4cc(-c5ccccc5)c5ccc6ccc(-c7ccccc7)c7ccc4c5c67)cc3)nc3c2-c2cccc4cccc-3c24)cc1. The molecule has 0 spiro atoms. The third kappa shape index (κ3) is 4.57. The molecule has 56 heavy (non-hydrogen) atoms. The number of aromatic nitrogens is 2. The van der Waals surface area contributed by atoms with E-state index in [1.807, 2.05) is 0 Å². The van der Waals surface area contributed by atoms with Crippen LogP contribution in [0, 0.1) is 0 Å². The third-order valence-corrected chi connectivity index (χ3v) is 11.8. The predicted octanol–water partition coefficient (Wildman–Crippen LogP) is 14.5. The van der Waals surface area contributed by atoms with E-state index < -0.39 is 0 Å². The van der Waals surface area contributed by atoms with Gasteiger partial charge in [-0.1, -0.05) is 188 Å². The van der Waals surface area contributed by atoms with Crippen LogP contribution >= 0.6 is 0 Å². The van der Waals surface area contributed by atoms with Crippen molar-refractivity contribution in [2.45, 2.75) is 0 Å². The molecular weight excluding hydrogens is 677 g/mol. The Hall–Kier alpha value is -7.42. The van der Waals surface area contributed by atoms with E-state index >= 15 is 0 Å². The van der Waals surface area contributed by atoms with Gasteiger partial charge in [-0.3, -0.25) is 0 Å². The minimum Gasteiger partial charge on any atom is -0.227 e. The molecule has 1 aliphatic rings. The molecule has 0 amide bonds. The van der Waals surface area contributed by atoms with Crippen LogP contribution in [0.4, 0.5) is 0 Å². The van der Waals surface area contributed by atoms with Crippen LogP contribution in [0.5, 0.6) is 0 Å². The minimum atomic E-state index is 0.729. The smallest absolute Gasteiger partial charge is 0.160 e. The number of hydrogen-bond donors (Lipinski definition) is 0.